The van der Waals surface area contributed by atoms with Crippen LogP contribution in [0.3, 0.4) is 0 Å². The maximum absolute atomic E-state index is 11.5. The van der Waals surface area contributed by atoms with Gasteiger partial charge in [-0.25, -0.2) is 0 Å². The zero-order valence-corrected chi connectivity index (χ0v) is 10.0. The van der Waals surface area contributed by atoms with E-state index in [1.54, 1.807) is 12.1 Å². The Balaban J connectivity index is 2.83. The normalized spacial score (nSPS) is 9.42. The van der Waals surface area contributed by atoms with Gasteiger partial charge in [0, 0.05) is 12.6 Å². The number of nitrogens with zero attached hydrogens (tertiary/aromatic N) is 2. The fourth-order valence-electron chi connectivity index (χ4n) is 1.34. The number of nitrogens with one attached hydrogen (secondary N) is 2. The van der Waals surface area contributed by atoms with Gasteiger partial charge in [0.05, 0.1) is 23.1 Å². The molecule has 1 aromatic rings. The van der Waals surface area contributed by atoms with Crippen molar-refractivity contribution in [2.75, 3.05) is 18.4 Å². The SMILES string of the molecule is C=CCNCC(=O)Nc1ccc(C#N)cc1[N+](=O)[O-]. The maximum Gasteiger partial charge on any atom is 0.294 e. The van der Waals surface area contributed by atoms with Gasteiger partial charge in [0.25, 0.3) is 5.69 Å². The lowest BCUT2D eigenvalue weighted by Gasteiger charge is -2.06. The molecule has 1 amide bonds. The fourth-order valence-corrected chi connectivity index (χ4v) is 1.34. The minimum Gasteiger partial charge on any atom is -0.319 e. The van der Waals surface area contributed by atoms with Gasteiger partial charge >= 0.3 is 0 Å². The third-order valence-electron chi connectivity index (χ3n) is 2.17. The van der Waals surface area contributed by atoms with E-state index in [0.717, 1.165) is 6.07 Å². The number of carbonyl (C=O) groups excluding carboxylic acids is 1. The molecule has 0 radical (unpaired) electrons. The predicted molar refractivity (Wildman–Crippen MR) is 69.5 cm³/mol. The van der Waals surface area contributed by atoms with Crippen LogP contribution in [0.1, 0.15) is 5.56 Å². The van der Waals surface area contributed by atoms with E-state index in [4.69, 9.17) is 5.26 Å². The molecule has 1 rings (SSSR count). The fraction of sp³-hybridized carbons (Fsp3) is 0.167. The second-order valence-electron chi connectivity index (χ2n) is 3.57. The molecule has 0 heterocycles. The first-order chi connectivity index (χ1) is 9.08. The molecule has 0 bridgehead atoms. The third-order valence-corrected chi connectivity index (χ3v) is 2.17. The van der Waals surface area contributed by atoms with Gasteiger partial charge in [-0.15, -0.1) is 6.58 Å². The van der Waals surface area contributed by atoms with E-state index in [2.05, 4.69) is 17.2 Å². The minimum absolute atomic E-state index is 0.0170. The summed E-state index contributed by atoms with van der Waals surface area (Å²) in [4.78, 5) is 21.7. The van der Waals surface area contributed by atoms with Crippen LogP contribution in [0.15, 0.2) is 30.9 Å². The average molecular weight is 260 g/mol. The van der Waals surface area contributed by atoms with Crippen LogP contribution in [0.4, 0.5) is 11.4 Å². The quantitative estimate of drug-likeness (QED) is 0.345. The van der Waals surface area contributed by atoms with Crippen LogP contribution in [0.5, 0.6) is 0 Å². The van der Waals surface area contributed by atoms with E-state index < -0.39 is 10.8 Å². The number of amides is 1. The number of nitro benzene ring substituents is 1. The van der Waals surface area contributed by atoms with E-state index in [1.165, 1.54) is 12.1 Å². The summed E-state index contributed by atoms with van der Waals surface area (Å²) in [6, 6.07) is 5.66. The Bertz CT molecular complexity index is 548. The number of hydrogen-bond acceptors (Lipinski definition) is 5. The Labute approximate surface area is 109 Å². The van der Waals surface area contributed by atoms with Gasteiger partial charge in [-0.3, -0.25) is 14.9 Å². The Hall–Kier alpha value is -2.72. The van der Waals surface area contributed by atoms with Crippen molar-refractivity contribution < 1.29 is 9.72 Å². The second kappa shape index (κ2) is 6.88. The highest BCUT2D eigenvalue weighted by Crippen LogP contribution is 2.25. The number of rotatable bonds is 6. The number of carbonyl (C=O) groups is 1. The van der Waals surface area contributed by atoms with Gasteiger partial charge in [0.2, 0.25) is 5.91 Å². The van der Waals surface area contributed by atoms with Gasteiger partial charge in [-0.2, -0.15) is 5.26 Å². The molecule has 0 aliphatic heterocycles. The lowest BCUT2D eigenvalue weighted by Crippen LogP contribution is -2.28. The van der Waals surface area contributed by atoms with Crippen molar-refractivity contribution in [2.24, 2.45) is 0 Å². The van der Waals surface area contributed by atoms with Crippen LogP contribution in [-0.4, -0.2) is 23.9 Å². The summed E-state index contributed by atoms with van der Waals surface area (Å²) in [5, 5.41) is 24.7. The number of hydrogen-bond donors (Lipinski definition) is 2. The van der Waals surface area contributed by atoms with Gasteiger partial charge < -0.3 is 10.6 Å². The Kier molecular flexibility index (Phi) is 5.19. The molecular formula is C12H12N4O3. The molecule has 2 N–H and O–H groups in total. The van der Waals surface area contributed by atoms with Gasteiger partial charge in [-0.1, -0.05) is 6.08 Å². The molecule has 0 unspecified atom stereocenters. The number of nitriles is 1. The summed E-state index contributed by atoms with van der Waals surface area (Å²) < 4.78 is 0. The van der Waals surface area contributed by atoms with Crippen molar-refractivity contribution in [2.45, 2.75) is 0 Å². The van der Waals surface area contributed by atoms with Crippen LogP contribution in [0.25, 0.3) is 0 Å². The molecule has 0 aliphatic rings. The first kappa shape index (κ1) is 14.3. The number of benzene rings is 1. The summed E-state index contributed by atoms with van der Waals surface area (Å²) in [6.45, 7) is 3.96. The van der Waals surface area contributed by atoms with Crippen molar-refractivity contribution in [3.05, 3.63) is 46.5 Å². The Morgan fingerprint density at radius 2 is 2.32 bits per heavy atom. The van der Waals surface area contributed by atoms with E-state index >= 15 is 0 Å². The highest BCUT2D eigenvalue weighted by atomic mass is 16.6. The largest absolute Gasteiger partial charge is 0.319 e. The molecule has 0 spiro atoms. The van der Waals surface area contributed by atoms with Crippen LogP contribution in [-0.2, 0) is 4.79 Å². The molecule has 98 valence electrons. The number of anilines is 1. The average Bonchev–Trinajstić information content (AvgIpc) is 2.39. The van der Waals surface area contributed by atoms with Gasteiger partial charge in [0.1, 0.15) is 5.69 Å². The third kappa shape index (κ3) is 4.22. The Morgan fingerprint density at radius 1 is 1.58 bits per heavy atom. The summed E-state index contributed by atoms with van der Waals surface area (Å²) in [5.41, 5.74) is -0.0833. The molecule has 0 atom stereocenters. The van der Waals surface area contributed by atoms with Crippen LogP contribution >= 0.6 is 0 Å². The first-order valence-corrected chi connectivity index (χ1v) is 5.38. The van der Waals surface area contributed by atoms with Crippen molar-refractivity contribution >= 4 is 17.3 Å². The molecule has 7 heteroatoms. The lowest BCUT2D eigenvalue weighted by atomic mass is 10.2. The van der Waals surface area contributed by atoms with E-state index in [-0.39, 0.29) is 23.5 Å². The molecule has 0 aliphatic carbocycles. The summed E-state index contributed by atoms with van der Waals surface area (Å²) in [6.07, 6.45) is 1.59. The lowest BCUT2D eigenvalue weighted by molar-refractivity contribution is -0.383. The maximum atomic E-state index is 11.5. The monoisotopic (exact) mass is 260 g/mol. The molecule has 0 aromatic heterocycles. The minimum atomic E-state index is -0.645. The second-order valence-corrected chi connectivity index (χ2v) is 3.57. The van der Waals surface area contributed by atoms with Crippen molar-refractivity contribution in [3.63, 3.8) is 0 Å². The Morgan fingerprint density at radius 3 is 2.89 bits per heavy atom. The zero-order chi connectivity index (χ0) is 14.3. The molecule has 0 saturated heterocycles. The van der Waals surface area contributed by atoms with Crippen molar-refractivity contribution in [1.29, 1.82) is 5.26 Å². The highest BCUT2D eigenvalue weighted by Gasteiger charge is 2.16. The topological polar surface area (TPSA) is 108 Å². The molecule has 1 aromatic carbocycles. The van der Waals surface area contributed by atoms with Crippen LogP contribution < -0.4 is 10.6 Å². The zero-order valence-electron chi connectivity index (χ0n) is 10.0. The highest BCUT2D eigenvalue weighted by molar-refractivity contribution is 5.94. The molecule has 0 saturated carbocycles. The van der Waals surface area contributed by atoms with E-state index in [9.17, 15) is 14.9 Å². The number of nitro groups is 1. The van der Waals surface area contributed by atoms with Gasteiger partial charge in [-0.05, 0) is 12.1 Å². The summed E-state index contributed by atoms with van der Waals surface area (Å²) >= 11 is 0. The molecule has 7 nitrogen and oxygen atoms in total. The van der Waals surface area contributed by atoms with Crippen molar-refractivity contribution in [3.8, 4) is 6.07 Å². The molecule has 19 heavy (non-hydrogen) atoms. The standard InChI is InChI=1S/C12H12N4O3/c1-2-5-14-8-12(17)15-10-4-3-9(7-13)6-11(10)16(18)19/h2-4,6,14H,1,5,8H2,(H,15,17). The predicted octanol–water partition coefficient (Wildman–Crippen LogP) is 1.18. The van der Waals surface area contributed by atoms with Crippen LogP contribution in [0, 0.1) is 21.4 Å². The van der Waals surface area contributed by atoms with E-state index in [1.807, 2.05) is 0 Å². The molecular weight excluding hydrogens is 248 g/mol. The van der Waals surface area contributed by atoms with E-state index in [0.29, 0.717) is 6.54 Å². The first-order valence-electron chi connectivity index (χ1n) is 5.38. The smallest absolute Gasteiger partial charge is 0.294 e. The summed E-state index contributed by atoms with van der Waals surface area (Å²) in [5.74, 6) is -0.408. The summed E-state index contributed by atoms with van der Waals surface area (Å²) in [7, 11) is 0. The van der Waals surface area contributed by atoms with Gasteiger partial charge in [0.15, 0.2) is 0 Å². The van der Waals surface area contributed by atoms with Crippen LogP contribution in [0.2, 0.25) is 0 Å². The van der Waals surface area contributed by atoms with Crippen molar-refractivity contribution in [1.82, 2.24) is 5.32 Å². The molecule has 0 fully saturated rings.